The molecule has 4 heteroatoms. The summed E-state index contributed by atoms with van der Waals surface area (Å²) in [5, 5.41) is 8.96. The normalized spacial score (nSPS) is 13.3. The molecule has 0 spiro atoms. The number of carboxylic acid groups (broad SMARTS) is 1. The molecule has 0 radical (unpaired) electrons. The smallest absolute Gasteiger partial charge is 0.324 e. The zero-order valence-electron chi connectivity index (χ0n) is 9.29. The molecule has 0 aromatic heterocycles. The van der Waals surface area contributed by atoms with Crippen LogP contribution in [0.4, 0.5) is 0 Å². The lowest BCUT2D eigenvalue weighted by atomic mass is 9.87. The van der Waals surface area contributed by atoms with E-state index in [1.54, 1.807) is 6.92 Å². The van der Waals surface area contributed by atoms with E-state index in [0.717, 1.165) is 0 Å². The molecule has 1 N–H and O–H groups in total. The third-order valence-electron chi connectivity index (χ3n) is 1.94. The maximum atomic E-state index is 11.4. The average molecular weight is 212 g/mol. The average Bonchev–Trinajstić information content (AvgIpc) is 2.18. The van der Waals surface area contributed by atoms with Gasteiger partial charge in [0.25, 0.3) is 0 Å². The molecule has 0 aliphatic rings. The van der Waals surface area contributed by atoms with Gasteiger partial charge < -0.3 is 9.84 Å². The van der Waals surface area contributed by atoms with Crippen molar-refractivity contribution in [2.75, 3.05) is 6.61 Å². The summed E-state index contributed by atoms with van der Waals surface area (Å²) < 4.78 is 4.71. The van der Waals surface area contributed by atoms with Crippen molar-refractivity contribution in [3.8, 4) is 11.8 Å². The number of aliphatic carboxylic acids is 1. The summed E-state index contributed by atoms with van der Waals surface area (Å²) in [7, 11) is 0. The van der Waals surface area contributed by atoms with Crippen LogP contribution in [0.2, 0.25) is 0 Å². The van der Waals surface area contributed by atoms with Gasteiger partial charge in [0.05, 0.1) is 6.61 Å². The van der Waals surface area contributed by atoms with Crippen molar-refractivity contribution < 1.29 is 19.4 Å². The molecule has 0 saturated heterocycles. The van der Waals surface area contributed by atoms with E-state index in [1.165, 1.54) is 6.92 Å². The number of carboxylic acids is 1. The van der Waals surface area contributed by atoms with E-state index >= 15 is 0 Å². The van der Waals surface area contributed by atoms with Gasteiger partial charge in [0, 0.05) is 12.8 Å². The Labute approximate surface area is 89.6 Å². The fraction of sp³-hybridized carbons (Fsp3) is 0.636. The highest BCUT2D eigenvalue weighted by Gasteiger charge is 2.42. The van der Waals surface area contributed by atoms with Crippen LogP contribution in [0.1, 0.15) is 33.6 Å². The van der Waals surface area contributed by atoms with Gasteiger partial charge >= 0.3 is 11.9 Å². The second kappa shape index (κ2) is 6.07. The van der Waals surface area contributed by atoms with Gasteiger partial charge in [0.2, 0.25) is 0 Å². The molecule has 15 heavy (non-hydrogen) atoms. The molecule has 4 nitrogen and oxygen atoms in total. The summed E-state index contributed by atoms with van der Waals surface area (Å²) in [5.41, 5.74) is -1.56. The van der Waals surface area contributed by atoms with Crippen molar-refractivity contribution >= 4 is 11.9 Å². The zero-order valence-corrected chi connectivity index (χ0v) is 9.29. The van der Waals surface area contributed by atoms with Crippen LogP contribution in [0, 0.1) is 17.3 Å². The molecule has 0 saturated carbocycles. The maximum absolute atomic E-state index is 11.4. The summed E-state index contributed by atoms with van der Waals surface area (Å²) >= 11 is 0. The SMILES string of the molecule is CCC#CCC(C)(C(=O)O)C(=O)OCC. The summed E-state index contributed by atoms with van der Waals surface area (Å²) in [6, 6.07) is 0. The lowest BCUT2D eigenvalue weighted by Crippen LogP contribution is -2.37. The van der Waals surface area contributed by atoms with Gasteiger partial charge in [-0.15, -0.1) is 11.8 Å². The van der Waals surface area contributed by atoms with E-state index < -0.39 is 17.4 Å². The summed E-state index contributed by atoms with van der Waals surface area (Å²) in [6.45, 7) is 4.99. The van der Waals surface area contributed by atoms with Crippen molar-refractivity contribution in [1.29, 1.82) is 0 Å². The van der Waals surface area contributed by atoms with E-state index in [-0.39, 0.29) is 13.0 Å². The Kier molecular flexibility index (Phi) is 5.46. The largest absolute Gasteiger partial charge is 0.480 e. The number of rotatable bonds is 4. The van der Waals surface area contributed by atoms with Gasteiger partial charge in [-0.05, 0) is 13.8 Å². The first-order valence-corrected chi connectivity index (χ1v) is 4.85. The number of ether oxygens (including phenoxy) is 1. The third-order valence-corrected chi connectivity index (χ3v) is 1.94. The number of hydrogen-bond donors (Lipinski definition) is 1. The van der Waals surface area contributed by atoms with Crippen LogP contribution >= 0.6 is 0 Å². The molecule has 0 heterocycles. The summed E-state index contributed by atoms with van der Waals surface area (Å²) in [6.07, 6.45) is 0.619. The first-order valence-electron chi connectivity index (χ1n) is 4.85. The minimum absolute atomic E-state index is 0.0188. The van der Waals surface area contributed by atoms with Gasteiger partial charge in [0.1, 0.15) is 0 Å². The molecule has 0 aliphatic carbocycles. The molecule has 0 amide bonds. The minimum atomic E-state index is -1.56. The molecular weight excluding hydrogens is 196 g/mol. The fourth-order valence-electron chi connectivity index (χ4n) is 0.890. The molecule has 84 valence electrons. The summed E-state index contributed by atoms with van der Waals surface area (Å²) in [4.78, 5) is 22.4. The molecule has 0 aromatic carbocycles. The van der Waals surface area contributed by atoms with Crippen LogP contribution in [0.3, 0.4) is 0 Å². The molecule has 1 unspecified atom stereocenters. The Bertz CT molecular complexity index is 297. The predicted octanol–water partition coefficient (Wildman–Crippen LogP) is 1.44. The van der Waals surface area contributed by atoms with Crippen molar-refractivity contribution in [1.82, 2.24) is 0 Å². The molecular formula is C11H16O4. The Balaban J connectivity index is 4.74. The summed E-state index contributed by atoms with van der Waals surface area (Å²) in [5.74, 6) is 3.46. The number of carbonyl (C=O) groups is 2. The van der Waals surface area contributed by atoms with Crippen LogP contribution in [0.5, 0.6) is 0 Å². The Morgan fingerprint density at radius 2 is 1.93 bits per heavy atom. The Morgan fingerprint density at radius 1 is 1.33 bits per heavy atom. The monoisotopic (exact) mass is 212 g/mol. The van der Waals surface area contributed by atoms with E-state index in [0.29, 0.717) is 6.42 Å². The van der Waals surface area contributed by atoms with Crippen molar-refractivity contribution in [2.24, 2.45) is 5.41 Å². The van der Waals surface area contributed by atoms with E-state index in [9.17, 15) is 9.59 Å². The highest BCUT2D eigenvalue weighted by Crippen LogP contribution is 2.23. The second-order valence-corrected chi connectivity index (χ2v) is 3.24. The zero-order chi connectivity index (χ0) is 11.9. The van der Waals surface area contributed by atoms with Gasteiger partial charge in [-0.1, -0.05) is 6.92 Å². The van der Waals surface area contributed by atoms with Gasteiger partial charge in [-0.2, -0.15) is 0 Å². The maximum Gasteiger partial charge on any atom is 0.324 e. The quantitative estimate of drug-likeness (QED) is 0.435. The lowest BCUT2D eigenvalue weighted by Gasteiger charge is -2.19. The predicted molar refractivity (Wildman–Crippen MR) is 55.1 cm³/mol. The van der Waals surface area contributed by atoms with Crippen molar-refractivity contribution in [2.45, 2.75) is 33.6 Å². The third kappa shape index (κ3) is 3.62. The second-order valence-electron chi connectivity index (χ2n) is 3.24. The standard InChI is InChI=1S/C11H16O4/c1-4-6-7-8-11(3,9(12)13)10(14)15-5-2/h4-5,8H2,1-3H3,(H,12,13). The van der Waals surface area contributed by atoms with Crippen molar-refractivity contribution in [3.05, 3.63) is 0 Å². The minimum Gasteiger partial charge on any atom is -0.480 e. The first kappa shape index (κ1) is 13.5. The molecule has 0 fully saturated rings. The Hall–Kier alpha value is -1.50. The van der Waals surface area contributed by atoms with Crippen molar-refractivity contribution in [3.63, 3.8) is 0 Å². The highest BCUT2D eigenvalue weighted by molar-refractivity contribution is 5.99. The van der Waals surface area contributed by atoms with E-state index in [4.69, 9.17) is 9.84 Å². The molecule has 1 atom stereocenters. The van der Waals surface area contributed by atoms with Gasteiger partial charge in [-0.3, -0.25) is 9.59 Å². The number of hydrogen-bond acceptors (Lipinski definition) is 3. The molecule has 0 aliphatic heterocycles. The highest BCUT2D eigenvalue weighted by atomic mass is 16.5. The first-order chi connectivity index (χ1) is 6.99. The fourth-order valence-corrected chi connectivity index (χ4v) is 0.890. The van der Waals surface area contributed by atoms with Crippen LogP contribution in [0.15, 0.2) is 0 Å². The van der Waals surface area contributed by atoms with Gasteiger partial charge in [0.15, 0.2) is 5.41 Å². The number of carbonyl (C=O) groups excluding carboxylic acids is 1. The van der Waals surface area contributed by atoms with Gasteiger partial charge in [-0.25, -0.2) is 0 Å². The lowest BCUT2D eigenvalue weighted by molar-refractivity contribution is -0.166. The number of esters is 1. The molecule has 0 aromatic rings. The molecule has 0 bridgehead atoms. The Morgan fingerprint density at radius 3 is 2.33 bits per heavy atom. The molecule has 0 rings (SSSR count). The van der Waals surface area contributed by atoms with E-state index in [1.807, 2.05) is 6.92 Å². The van der Waals surface area contributed by atoms with E-state index in [2.05, 4.69) is 11.8 Å². The van der Waals surface area contributed by atoms with Crippen LogP contribution in [0.25, 0.3) is 0 Å². The van der Waals surface area contributed by atoms with Crippen LogP contribution in [-0.4, -0.2) is 23.7 Å². The van der Waals surface area contributed by atoms with Crippen LogP contribution in [-0.2, 0) is 14.3 Å². The topological polar surface area (TPSA) is 63.6 Å². The van der Waals surface area contributed by atoms with Crippen LogP contribution < -0.4 is 0 Å².